The van der Waals surface area contributed by atoms with Gasteiger partial charge in [-0.3, -0.25) is 9.67 Å². The molecule has 0 amide bonds. The van der Waals surface area contributed by atoms with Crippen molar-refractivity contribution in [2.75, 3.05) is 5.32 Å². The fourth-order valence-electron chi connectivity index (χ4n) is 2.19. The van der Waals surface area contributed by atoms with Crippen molar-refractivity contribution in [2.45, 2.75) is 0 Å². The molecule has 0 bridgehead atoms. The number of carboxylic acid groups (broad SMARTS) is 1. The maximum Gasteiger partial charge on any atom is 0.337 e. The van der Waals surface area contributed by atoms with Gasteiger partial charge in [0.15, 0.2) is 0 Å². The van der Waals surface area contributed by atoms with Gasteiger partial charge in [0.25, 0.3) is 0 Å². The third-order valence-electron chi connectivity index (χ3n) is 3.31. The lowest BCUT2D eigenvalue weighted by molar-refractivity contribution is 0.0698. The molecular weight excluding hydrogens is 316 g/mol. The number of nitrogens with zero attached hydrogens (tertiary/aromatic N) is 3. The molecule has 3 rings (SSSR count). The van der Waals surface area contributed by atoms with Crippen LogP contribution in [0.5, 0.6) is 0 Å². The molecule has 2 heterocycles. The minimum atomic E-state index is -1.02. The molecule has 0 radical (unpaired) electrons. The molecule has 0 aliphatic carbocycles. The first-order chi connectivity index (χ1) is 11.0. The van der Waals surface area contributed by atoms with Crippen LogP contribution >= 0.6 is 11.6 Å². The number of rotatable bonds is 4. The van der Waals surface area contributed by atoms with Gasteiger partial charge in [-0.1, -0.05) is 23.7 Å². The Morgan fingerprint density at radius 3 is 2.87 bits per heavy atom. The van der Waals surface area contributed by atoms with Gasteiger partial charge >= 0.3 is 5.97 Å². The van der Waals surface area contributed by atoms with Crippen LogP contribution in [0.15, 0.2) is 48.8 Å². The second-order valence-electron chi connectivity index (χ2n) is 4.90. The Kier molecular flexibility index (Phi) is 3.99. The Labute approximate surface area is 137 Å². The Morgan fingerprint density at radius 2 is 2.13 bits per heavy atom. The third kappa shape index (κ3) is 3.17. The van der Waals surface area contributed by atoms with Crippen LogP contribution in [0.4, 0.5) is 11.5 Å². The molecule has 0 fully saturated rings. The molecule has 1 aromatic carbocycles. The van der Waals surface area contributed by atoms with Gasteiger partial charge in [-0.2, -0.15) is 5.10 Å². The van der Waals surface area contributed by atoms with Crippen molar-refractivity contribution in [3.05, 3.63) is 59.4 Å². The molecule has 0 aliphatic rings. The van der Waals surface area contributed by atoms with Crippen LogP contribution in [-0.2, 0) is 7.05 Å². The maximum absolute atomic E-state index is 11.3. The van der Waals surface area contributed by atoms with E-state index in [9.17, 15) is 9.90 Å². The number of nitrogens with one attached hydrogen (secondary N) is 1. The van der Waals surface area contributed by atoms with Crippen molar-refractivity contribution < 1.29 is 9.90 Å². The molecule has 116 valence electrons. The lowest BCUT2D eigenvalue weighted by atomic mass is 10.1. The van der Waals surface area contributed by atoms with Crippen molar-refractivity contribution in [2.24, 2.45) is 7.05 Å². The number of hydrogen-bond acceptors (Lipinski definition) is 4. The smallest absolute Gasteiger partial charge is 0.337 e. The fourth-order valence-corrected chi connectivity index (χ4v) is 2.38. The highest BCUT2D eigenvalue weighted by Gasteiger charge is 2.13. The van der Waals surface area contributed by atoms with E-state index >= 15 is 0 Å². The molecule has 0 saturated heterocycles. The van der Waals surface area contributed by atoms with Crippen LogP contribution in [0.1, 0.15) is 10.4 Å². The van der Waals surface area contributed by atoms with Gasteiger partial charge in [-0.05, 0) is 18.2 Å². The topological polar surface area (TPSA) is 80.0 Å². The van der Waals surface area contributed by atoms with E-state index in [1.54, 1.807) is 17.8 Å². The second kappa shape index (κ2) is 6.10. The maximum atomic E-state index is 11.3. The van der Waals surface area contributed by atoms with E-state index in [2.05, 4.69) is 15.4 Å². The van der Waals surface area contributed by atoms with E-state index in [1.165, 1.54) is 18.5 Å². The SMILES string of the molecule is Cn1nc(-c2cccc(Cl)c2)cc1Nc1cnccc1C(=O)O. The van der Waals surface area contributed by atoms with Crippen molar-refractivity contribution in [3.63, 3.8) is 0 Å². The summed E-state index contributed by atoms with van der Waals surface area (Å²) in [6.45, 7) is 0. The average molecular weight is 329 g/mol. The Bertz CT molecular complexity index is 876. The number of hydrogen-bond donors (Lipinski definition) is 2. The number of carbonyl (C=O) groups is 1. The fraction of sp³-hybridized carbons (Fsp3) is 0.0625. The summed E-state index contributed by atoms with van der Waals surface area (Å²) in [6, 6.07) is 10.6. The van der Waals surface area contributed by atoms with E-state index in [1.807, 2.05) is 24.3 Å². The van der Waals surface area contributed by atoms with Crippen molar-refractivity contribution in [3.8, 4) is 11.3 Å². The molecule has 0 spiro atoms. The summed E-state index contributed by atoms with van der Waals surface area (Å²) >= 11 is 6.00. The minimum Gasteiger partial charge on any atom is -0.478 e. The van der Waals surface area contributed by atoms with Gasteiger partial charge < -0.3 is 10.4 Å². The monoisotopic (exact) mass is 328 g/mol. The van der Waals surface area contributed by atoms with E-state index in [4.69, 9.17) is 11.6 Å². The molecule has 3 aromatic rings. The molecule has 0 atom stereocenters. The van der Waals surface area contributed by atoms with Gasteiger partial charge in [0, 0.05) is 29.9 Å². The highest BCUT2D eigenvalue weighted by atomic mass is 35.5. The van der Waals surface area contributed by atoms with Crippen LogP contribution < -0.4 is 5.32 Å². The van der Waals surface area contributed by atoms with Crippen LogP contribution in [0.2, 0.25) is 5.02 Å². The summed E-state index contributed by atoms with van der Waals surface area (Å²) in [4.78, 5) is 15.2. The van der Waals surface area contributed by atoms with Crippen molar-refractivity contribution >= 4 is 29.1 Å². The van der Waals surface area contributed by atoms with Gasteiger partial charge in [-0.25, -0.2) is 4.79 Å². The summed E-state index contributed by atoms with van der Waals surface area (Å²) in [6.07, 6.45) is 2.91. The summed E-state index contributed by atoms with van der Waals surface area (Å²) in [5.74, 6) is -0.373. The number of halogens is 1. The Morgan fingerprint density at radius 1 is 1.30 bits per heavy atom. The van der Waals surface area contributed by atoms with Gasteiger partial charge in [0.05, 0.1) is 23.1 Å². The zero-order chi connectivity index (χ0) is 16.4. The molecule has 0 unspecified atom stereocenters. The Hall–Kier alpha value is -2.86. The van der Waals surface area contributed by atoms with Crippen LogP contribution in [0.3, 0.4) is 0 Å². The molecule has 0 saturated carbocycles. The number of pyridine rings is 1. The zero-order valence-electron chi connectivity index (χ0n) is 12.2. The van der Waals surface area contributed by atoms with Gasteiger partial charge in [0.2, 0.25) is 0 Å². The van der Waals surface area contributed by atoms with Gasteiger partial charge in [0.1, 0.15) is 5.82 Å². The lowest BCUT2D eigenvalue weighted by Gasteiger charge is -2.08. The first kappa shape index (κ1) is 15.1. The lowest BCUT2D eigenvalue weighted by Crippen LogP contribution is -2.05. The number of carboxylic acids is 1. The second-order valence-corrected chi connectivity index (χ2v) is 5.34. The molecule has 2 aromatic heterocycles. The van der Waals surface area contributed by atoms with Crippen molar-refractivity contribution in [1.82, 2.24) is 14.8 Å². The van der Waals surface area contributed by atoms with E-state index < -0.39 is 5.97 Å². The van der Waals surface area contributed by atoms with E-state index in [0.29, 0.717) is 16.5 Å². The predicted molar refractivity (Wildman–Crippen MR) is 88.1 cm³/mol. The van der Waals surface area contributed by atoms with E-state index in [-0.39, 0.29) is 5.56 Å². The molecule has 23 heavy (non-hydrogen) atoms. The average Bonchev–Trinajstić information content (AvgIpc) is 2.89. The van der Waals surface area contributed by atoms with Crippen LogP contribution in [-0.4, -0.2) is 25.8 Å². The number of aromatic carboxylic acids is 1. The highest BCUT2D eigenvalue weighted by molar-refractivity contribution is 6.30. The summed E-state index contributed by atoms with van der Waals surface area (Å²) in [5.41, 5.74) is 2.16. The first-order valence-corrected chi connectivity index (χ1v) is 7.16. The molecule has 6 nitrogen and oxygen atoms in total. The number of aromatic nitrogens is 3. The predicted octanol–water partition coefficient (Wildman–Crippen LogP) is 3.58. The Balaban J connectivity index is 1.95. The molecule has 2 N–H and O–H groups in total. The molecule has 0 aliphatic heterocycles. The number of benzene rings is 1. The molecular formula is C16H13ClN4O2. The summed E-state index contributed by atoms with van der Waals surface area (Å²) in [5, 5.41) is 17.3. The van der Waals surface area contributed by atoms with Crippen molar-refractivity contribution in [1.29, 1.82) is 0 Å². The summed E-state index contributed by atoms with van der Waals surface area (Å²) in [7, 11) is 1.77. The number of aryl methyl sites for hydroxylation is 1. The molecule has 7 heteroatoms. The normalized spacial score (nSPS) is 10.5. The largest absolute Gasteiger partial charge is 0.478 e. The van der Waals surface area contributed by atoms with Crippen LogP contribution in [0.25, 0.3) is 11.3 Å². The number of anilines is 2. The first-order valence-electron chi connectivity index (χ1n) is 6.79. The third-order valence-corrected chi connectivity index (χ3v) is 3.55. The van der Waals surface area contributed by atoms with Gasteiger partial charge in [-0.15, -0.1) is 0 Å². The summed E-state index contributed by atoms with van der Waals surface area (Å²) < 4.78 is 1.63. The van der Waals surface area contributed by atoms with E-state index in [0.717, 1.165) is 11.3 Å². The zero-order valence-corrected chi connectivity index (χ0v) is 12.9. The standard InChI is InChI=1S/C16H13ClN4O2/c1-21-15(19-14-9-18-6-5-12(14)16(22)23)8-13(20-21)10-3-2-4-11(17)7-10/h2-9,19H,1H3,(H,22,23). The minimum absolute atomic E-state index is 0.144. The van der Waals surface area contributed by atoms with Crippen LogP contribution in [0, 0.1) is 0 Å². The quantitative estimate of drug-likeness (QED) is 0.765. The highest BCUT2D eigenvalue weighted by Crippen LogP contribution is 2.26.